The number of hydrogen-bond acceptors (Lipinski definition) is 5. The summed E-state index contributed by atoms with van der Waals surface area (Å²) < 4.78 is 22.6. The van der Waals surface area contributed by atoms with E-state index >= 15 is 0 Å². The van der Waals surface area contributed by atoms with Gasteiger partial charge in [0.2, 0.25) is 5.91 Å². The summed E-state index contributed by atoms with van der Waals surface area (Å²) in [6.45, 7) is 6.66. The van der Waals surface area contributed by atoms with E-state index in [0.29, 0.717) is 32.7 Å². The summed E-state index contributed by atoms with van der Waals surface area (Å²) in [5.41, 5.74) is 5.27. The molecule has 1 amide bonds. The molecule has 118 valence electrons. The molecule has 1 heterocycles. The second-order valence-corrected chi connectivity index (χ2v) is 7.74. The van der Waals surface area contributed by atoms with Crippen molar-refractivity contribution in [3.8, 4) is 0 Å². The minimum Gasteiger partial charge on any atom is -0.354 e. The smallest absolute Gasteiger partial charge is 0.227 e. The van der Waals surface area contributed by atoms with Crippen molar-refractivity contribution in [2.75, 3.05) is 44.2 Å². The average Bonchev–Trinajstić information content (AvgIpc) is 2.43. The van der Waals surface area contributed by atoms with Gasteiger partial charge >= 0.3 is 0 Å². The van der Waals surface area contributed by atoms with Crippen LogP contribution in [0.25, 0.3) is 0 Å². The van der Waals surface area contributed by atoms with Crippen molar-refractivity contribution in [3.63, 3.8) is 0 Å². The van der Waals surface area contributed by atoms with E-state index < -0.39 is 15.3 Å². The Morgan fingerprint density at radius 3 is 2.25 bits per heavy atom. The Balaban J connectivity index is 2.36. The van der Waals surface area contributed by atoms with Gasteiger partial charge in [-0.15, -0.1) is 0 Å². The number of sulfone groups is 1. The third-order valence-electron chi connectivity index (χ3n) is 4.38. The van der Waals surface area contributed by atoms with Gasteiger partial charge in [0.05, 0.1) is 16.9 Å². The highest BCUT2D eigenvalue weighted by atomic mass is 32.2. The molecular weight excluding hydrogens is 278 g/mol. The third kappa shape index (κ3) is 4.43. The normalized spacial score (nSPS) is 19.8. The molecule has 1 fully saturated rings. The summed E-state index contributed by atoms with van der Waals surface area (Å²) in [4.78, 5) is 14.3. The van der Waals surface area contributed by atoms with E-state index in [1.807, 2.05) is 13.8 Å². The Morgan fingerprint density at radius 2 is 1.80 bits per heavy atom. The van der Waals surface area contributed by atoms with Crippen molar-refractivity contribution in [1.82, 2.24) is 10.2 Å². The average molecular weight is 305 g/mol. The van der Waals surface area contributed by atoms with Gasteiger partial charge < -0.3 is 11.1 Å². The summed E-state index contributed by atoms with van der Waals surface area (Å²) in [5.74, 6) is 0.449. The first-order valence-corrected chi connectivity index (χ1v) is 9.12. The van der Waals surface area contributed by atoms with Crippen molar-refractivity contribution < 1.29 is 13.2 Å². The predicted octanol–water partition coefficient (Wildman–Crippen LogP) is -0.402. The van der Waals surface area contributed by atoms with E-state index in [9.17, 15) is 13.2 Å². The number of nitrogens with one attached hydrogen (secondary N) is 1. The minimum absolute atomic E-state index is 0.00892. The molecule has 1 saturated heterocycles. The molecule has 3 N–H and O–H groups in total. The molecule has 6 nitrogen and oxygen atoms in total. The Hall–Kier alpha value is -0.660. The van der Waals surface area contributed by atoms with Crippen molar-refractivity contribution in [2.45, 2.75) is 26.7 Å². The Bertz CT molecular complexity index is 396. The van der Waals surface area contributed by atoms with Gasteiger partial charge in [-0.05, 0) is 12.8 Å². The zero-order valence-electron chi connectivity index (χ0n) is 12.5. The van der Waals surface area contributed by atoms with E-state index in [0.717, 1.165) is 12.8 Å². The third-order valence-corrected chi connectivity index (χ3v) is 5.99. The lowest BCUT2D eigenvalue weighted by Crippen LogP contribution is -2.48. The van der Waals surface area contributed by atoms with Gasteiger partial charge in [0.15, 0.2) is 9.84 Å². The zero-order valence-corrected chi connectivity index (χ0v) is 13.3. The first-order valence-electron chi connectivity index (χ1n) is 7.30. The molecule has 0 bridgehead atoms. The summed E-state index contributed by atoms with van der Waals surface area (Å²) >= 11 is 0. The van der Waals surface area contributed by atoms with E-state index in [1.165, 1.54) is 0 Å². The van der Waals surface area contributed by atoms with Crippen LogP contribution in [-0.2, 0) is 14.6 Å². The predicted molar refractivity (Wildman–Crippen MR) is 80.2 cm³/mol. The molecule has 0 aromatic carbocycles. The van der Waals surface area contributed by atoms with Crippen LogP contribution in [0.5, 0.6) is 0 Å². The summed E-state index contributed by atoms with van der Waals surface area (Å²) in [6.07, 6.45) is 1.46. The van der Waals surface area contributed by atoms with Gasteiger partial charge in [0, 0.05) is 32.7 Å². The van der Waals surface area contributed by atoms with Crippen LogP contribution in [0, 0.1) is 5.41 Å². The maximum atomic E-state index is 12.2. The number of nitrogens with zero attached hydrogens (tertiary/aromatic N) is 1. The van der Waals surface area contributed by atoms with Crippen LogP contribution in [0.4, 0.5) is 0 Å². The van der Waals surface area contributed by atoms with Gasteiger partial charge in [-0.1, -0.05) is 13.8 Å². The van der Waals surface area contributed by atoms with Crippen molar-refractivity contribution >= 4 is 15.7 Å². The second-order valence-electron chi connectivity index (χ2n) is 5.44. The van der Waals surface area contributed by atoms with Crippen LogP contribution in [0.15, 0.2) is 0 Å². The molecule has 1 aliphatic rings. The molecule has 0 aromatic rings. The molecule has 0 spiro atoms. The van der Waals surface area contributed by atoms with Crippen molar-refractivity contribution in [1.29, 1.82) is 0 Å². The van der Waals surface area contributed by atoms with E-state index in [1.54, 1.807) is 0 Å². The van der Waals surface area contributed by atoms with Gasteiger partial charge in [0.1, 0.15) is 0 Å². The van der Waals surface area contributed by atoms with Crippen molar-refractivity contribution in [3.05, 3.63) is 0 Å². The van der Waals surface area contributed by atoms with E-state index in [-0.39, 0.29) is 17.4 Å². The molecule has 1 rings (SSSR count). The number of amides is 1. The molecule has 1 aliphatic heterocycles. The number of carbonyl (C=O) groups is 1. The largest absolute Gasteiger partial charge is 0.354 e. The lowest BCUT2D eigenvalue weighted by molar-refractivity contribution is -0.131. The molecule has 0 atom stereocenters. The summed E-state index contributed by atoms with van der Waals surface area (Å²) in [6, 6.07) is 0. The summed E-state index contributed by atoms with van der Waals surface area (Å²) in [7, 11) is -2.84. The monoisotopic (exact) mass is 305 g/mol. The maximum Gasteiger partial charge on any atom is 0.227 e. The van der Waals surface area contributed by atoms with E-state index in [2.05, 4.69) is 10.2 Å². The second kappa shape index (κ2) is 7.38. The quantitative estimate of drug-likeness (QED) is 0.667. The first-order chi connectivity index (χ1) is 9.39. The highest BCUT2D eigenvalue weighted by Gasteiger charge is 2.33. The van der Waals surface area contributed by atoms with Crippen LogP contribution < -0.4 is 11.1 Å². The molecule has 0 aliphatic carbocycles. The van der Waals surface area contributed by atoms with Crippen LogP contribution in [0.2, 0.25) is 0 Å². The molecule has 7 heteroatoms. The molecule has 0 radical (unpaired) electrons. The molecular formula is C13H27N3O3S. The summed E-state index contributed by atoms with van der Waals surface area (Å²) in [5, 5.41) is 2.93. The van der Waals surface area contributed by atoms with Gasteiger partial charge in [-0.3, -0.25) is 9.69 Å². The Morgan fingerprint density at radius 1 is 1.25 bits per heavy atom. The highest BCUT2D eigenvalue weighted by molar-refractivity contribution is 7.91. The lowest BCUT2D eigenvalue weighted by atomic mass is 9.81. The number of hydrogen-bond donors (Lipinski definition) is 2. The SMILES string of the molecule is CCC(CC)(CN)C(=O)NCCN1CCS(=O)(=O)CC1. The minimum atomic E-state index is -2.84. The Labute approximate surface area is 122 Å². The fourth-order valence-electron chi connectivity index (χ4n) is 2.44. The van der Waals surface area contributed by atoms with Gasteiger partial charge in [-0.2, -0.15) is 0 Å². The standard InChI is InChI=1S/C13H27N3O3S/c1-3-13(4-2,11-14)12(17)15-5-6-16-7-9-20(18,19)10-8-16/h3-11,14H2,1-2H3,(H,15,17). The molecule has 20 heavy (non-hydrogen) atoms. The van der Waals surface area contributed by atoms with Crippen LogP contribution in [0.1, 0.15) is 26.7 Å². The molecule has 0 saturated carbocycles. The molecule has 0 unspecified atom stereocenters. The fraction of sp³-hybridized carbons (Fsp3) is 0.923. The highest BCUT2D eigenvalue weighted by Crippen LogP contribution is 2.24. The molecule has 0 aromatic heterocycles. The first kappa shape index (κ1) is 17.4. The van der Waals surface area contributed by atoms with Crippen LogP contribution in [-0.4, -0.2) is 63.5 Å². The van der Waals surface area contributed by atoms with Crippen LogP contribution in [0.3, 0.4) is 0 Å². The zero-order chi connectivity index (χ0) is 15.2. The number of carbonyl (C=O) groups excluding carboxylic acids is 1. The lowest BCUT2D eigenvalue weighted by Gasteiger charge is -2.30. The van der Waals surface area contributed by atoms with Gasteiger partial charge in [-0.25, -0.2) is 8.42 Å². The number of rotatable bonds is 7. The van der Waals surface area contributed by atoms with E-state index in [4.69, 9.17) is 5.73 Å². The fourth-order valence-corrected chi connectivity index (χ4v) is 3.72. The van der Waals surface area contributed by atoms with Crippen LogP contribution >= 0.6 is 0 Å². The number of nitrogens with two attached hydrogens (primary N) is 1. The maximum absolute atomic E-state index is 12.2. The topological polar surface area (TPSA) is 92.5 Å². The Kier molecular flexibility index (Phi) is 6.42. The van der Waals surface area contributed by atoms with Crippen molar-refractivity contribution in [2.24, 2.45) is 11.1 Å². The van der Waals surface area contributed by atoms with Gasteiger partial charge in [0.25, 0.3) is 0 Å².